The maximum atomic E-state index is 11.5. The molecule has 0 saturated carbocycles. The molecule has 3 rings (SSSR count). The van der Waals surface area contributed by atoms with Crippen molar-refractivity contribution in [2.45, 2.75) is 0 Å². The van der Waals surface area contributed by atoms with Crippen molar-refractivity contribution in [2.75, 3.05) is 0 Å². The number of hydrogen-bond acceptors (Lipinski definition) is 1. The van der Waals surface area contributed by atoms with Crippen molar-refractivity contribution >= 4 is 44.3 Å². The van der Waals surface area contributed by atoms with Crippen molar-refractivity contribution in [1.29, 1.82) is 0 Å². The van der Waals surface area contributed by atoms with Gasteiger partial charge in [-0.1, -0.05) is 83.9 Å². The molecule has 0 amide bonds. The molecule has 2 nitrogen and oxygen atoms in total. The van der Waals surface area contributed by atoms with Gasteiger partial charge in [0.05, 0.1) is 5.56 Å². The molecule has 3 aromatic carbocycles. The van der Waals surface area contributed by atoms with Gasteiger partial charge in [0.15, 0.2) is 0 Å². The molecule has 0 heterocycles. The van der Waals surface area contributed by atoms with Crippen LogP contribution in [-0.4, -0.2) is 11.1 Å². The number of carboxylic acid groups (broad SMARTS) is 1. The van der Waals surface area contributed by atoms with Crippen molar-refractivity contribution in [3.63, 3.8) is 0 Å². The number of benzene rings is 3. The van der Waals surface area contributed by atoms with Gasteiger partial charge in [0.25, 0.3) is 0 Å². The topological polar surface area (TPSA) is 37.3 Å². The molecule has 0 aliphatic carbocycles. The van der Waals surface area contributed by atoms with Gasteiger partial charge < -0.3 is 5.11 Å². The van der Waals surface area contributed by atoms with Gasteiger partial charge in [-0.25, -0.2) is 4.79 Å². The van der Waals surface area contributed by atoms with Gasteiger partial charge in [-0.3, -0.25) is 0 Å². The van der Waals surface area contributed by atoms with Crippen molar-refractivity contribution in [3.8, 4) is 0 Å². The van der Waals surface area contributed by atoms with E-state index in [0.29, 0.717) is 22.7 Å². The third-order valence-electron chi connectivity index (χ3n) is 3.37. The first-order valence-corrected chi connectivity index (χ1v) is 9.24. The fourth-order valence-electron chi connectivity index (χ4n) is 2.28. The molecule has 0 aliphatic heterocycles. The minimum atomic E-state index is -0.863. The first-order valence-electron chi connectivity index (χ1n) is 7.24. The summed E-state index contributed by atoms with van der Waals surface area (Å²) in [5.41, 5.74) is 0.397. The summed E-state index contributed by atoms with van der Waals surface area (Å²) < 4.78 is 0. The summed E-state index contributed by atoms with van der Waals surface area (Å²) in [5.74, 6) is -0.863. The molecule has 2 atom stereocenters. The molecule has 1 N–H and O–H groups in total. The number of aromatic carboxylic acids is 1. The Labute approximate surface area is 139 Å². The van der Waals surface area contributed by atoms with Gasteiger partial charge in [-0.15, -0.1) is 0 Å². The molecule has 0 fully saturated rings. The number of carboxylic acids is 1. The largest absolute Gasteiger partial charge is 0.478 e. The summed E-state index contributed by atoms with van der Waals surface area (Å²) in [6.07, 6.45) is 0. The molecule has 0 aliphatic rings. The molecule has 0 aromatic heterocycles. The van der Waals surface area contributed by atoms with E-state index < -0.39 is 5.97 Å². The molecule has 23 heavy (non-hydrogen) atoms. The second-order valence-electron chi connectivity index (χ2n) is 5.05. The average Bonchev–Trinajstić information content (AvgIpc) is 2.57. The highest BCUT2D eigenvalue weighted by Crippen LogP contribution is 2.17. The van der Waals surface area contributed by atoms with E-state index in [9.17, 15) is 9.90 Å². The van der Waals surface area contributed by atoms with Gasteiger partial charge in [0.2, 0.25) is 0 Å². The van der Waals surface area contributed by atoms with Crippen LogP contribution in [0.25, 0.3) is 0 Å². The van der Waals surface area contributed by atoms with Crippen LogP contribution >= 0.6 is 17.2 Å². The van der Waals surface area contributed by atoms with Crippen LogP contribution in [-0.2, 0) is 0 Å². The van der Waals surface area contributed by atoms with Crippen molar-refractivity contribution in [2.24, 2.45) is 0 Å². The van der Waals surface area contributed by atoms with Crippen molar-refractivity contribution in [1.82, 2.24) is 0 Å². The Morgan fingerprint density at radius 2 is 1.26 bits per heavy atom. The van der Waals surface area contributed by atoms with Crippen LogP contribution in [0.5, 0.6) is 0 Å². The fourth-order valence-corrected chi connectivity index (χ4v) is 4.72. The maximum Gasteiger partial charge on any atom is 0.336 e. The smallest absolute Gasteiger partial charge is 0.336 e. The molecule has 4 heteroatoms. The predicted octanol–water partition coefficient (Wildman–Crippen LogP) is 2.64. The van der Waals surface area contributed by atoms with Crippen LogP contribution in [0.1, 0.15) is 10.4 Å². The van der Waals surface area contributed by atoms with Crippen LogP contribution < -0.4 is 21.2 Å². The number of hydrogen-bond donors (Lipinski definition) is 1. The Kier molecular flexibility index (Phi) is 5.18. The highest BCUT2D eigenvalue weighted by atomic mass is 31.1. The van der Waals surface area contributed by atoms with Gasteiger partial charge in [0, 0.05) is 0 Å². The zero-order valence-electron chi connectivity index (χ0n) is 12.4. The molecule has 0 radical (unpaired) electrons. The fraction of sp³-hybridized carbons (Fsp3) is 0. The minimum absolute atomic E-state index is 0.349. The number of carbonyl (C=O) groups is 1. The Morgan fingerprint density at radius 1 is 0.696 bits per heavy atom. The van der Waals surface area contributed by atoms with Crippen LogP contribution in [0, 0.1) is 0 Å². The van der Waals surface area contributed by atoms with Gasteiger partial charge in [-0.2, -0.15) is 0 Å². The molecule has 114 valence electrons. The Balaban J connectivity index is 1.91. The third-order valence-corrected chi connectivity index (χ3v) is 5.89. The standard InChI is InChI=1S/C19H16O2P2/c20-19(21)17-12-11-16(22-14-7-3-1-4-8-14)13-18(17)23-15-9-5-2-6-10-15/h1-13,22-23H,(H,20,21). The second-order valence-corrected chi connectivity index (χ2v) is 7.82. The second kappa shape index (κ2) is 7.51. The highest BCUT2D eigenvalue weighted by molar-refractivity contribution is 7.57. The monoisotopic (exact) mass is 338 g/mol. The van der Waals surface area contributed by atoms with E-state index in [1.807, 2.05) is 60.7 Å². The SMILES string of the molecule is O=C(O)c1ccc(Pc2ccccc2)cc1Pc1ccccc1. The average molecular weight is 338 g/mol. The zero-order chi connectivity index (χ0) is 16.1. The highest BCUT2D eigenvalue weighted by Gasteiger charge is 2.11. The first-order chi connectivity index (χ1) is 11.2. The van der Waals surface area contributed by atoms with E-state index in [4.69, 9.17) is 0 Å². The Hall–Kier alpha value is -2.01. The van der Waals surface area contributed by atoms with E-state index >= 15 is 0 Å². The Bertz CT molecular complexity index is 802. The maximum absolute atomic E-state index is 11.5. The molecule has 2 unspecified atom stereocenters. The van der Waals surface area contributed by atoms with Crippen LogP contribution in [0.15, 0.2) is 78.9 Å². The summed E-state index contributed by atoms with van der Waals surface area (Å²) in [6, 6.07) is 26.0. The minimum Gasteiger partial charge on any atom is -0.478 e. The molecule has 0 spiro atoms. The quantitative estimate of drug-likeness (QED) is 0.726. The number of rotatable bonds is 5. The molecule has 0 bridgehead atoms. The van der Waals surface area contributed by atoms with Crippen molar-refractivity contribution in [3.05, 3.63) is 84.4 Å². The van der Waals surface area contributed by atoms with Crippen LogP contribution in [0.4, 0.5) is 0 Å². The summed E-state index contributed by atoms with van der Waals surface area (Å²) >= 11 is 0. The van der Waals surface area contributed by atoms with Gasteiger partial charge in [0.1, 0.15) is 0 Å². The lowest BCUT2D eigenvalue weighted by Gasteiger charge is -2.10. The lowest BCUT2D eigenvalue weighted by molar-refractivity contribution is 0.0698. The summed E-state index contributed by atoms with van der Waals surface area (Å²) in [6.45, 7) is 0. The molecule has 0 saturated heterocycles. The zero-order valence-corrected chi connectivity index (χ0v) is 14.4. The van der Waals surface area contributed by atoms with E-state index in [-0.39, 0.29) is 0 Å². The molecular weight excluding hydrogens is 322 g/mol. The summed E-state index contributed by atoms with van der Waals surface area (Å²) in [4.78, 5) is 11.5. The lowest BCUT2D eigenvalue weighted by Crippen LogP contribution is -2.18. The Morgan fingerprint density at radius 3 is 1.83 bits per heavy atom. The van der Waals surface area contributed by atoms with E-state index in [1.165, 1.54) is 10.6 Å². The van der Waals surface area contributed by atoms with Gasteiger partial charge >= 0.3 is 5.97 Å². The van der Waals surface area contributed by atoms with Crippen LogP contribution in [0.2, 0.25) is 0 Å². The van der Waals surface area contributed by atoms with E-state index in [0.717, 1.165) is 10.6 Å². The third kappa shape index (κ3) is 4.26. The van der Waals surface area contributed by atoms with E-state index in [1.54, 1.807) is 6.07 Å². The van der Waals surface area contributed by atoms with Gasteiger partial charge in [-0.05, 0) is 33.4 Å². The normalized spacial score (nSPS) is 11.5. The van der Waals surface area contributed by atoms with E-state index in [2.05, 4.69) is 12.1 Å². The first kappa shape index (κ1) is 15.9. The summed E-state index contributed by atoms with van der Waals surface area (Å²) in [5, 5.41) is 13.9. The predicted molar refractivity (Wildman–Crippen MR) is 101 cm³/mol. The van der Waals surface area contributed by atoms with Crippen molar-refractivity contribution < 1.29 is 9.90 Å². The summed E-state index contributed by atoms with van der Waals surface area (Å²) in [7, 11) is 0.884. The van der Waals surface area contributed by atoms with Crippen LogP contribution in [0.3, 0.4) is 0 Å². The lowest BCUT2D eigenvalue weighted by atomic mass is 10.2. The molecule has 3 aromatic rings. The molecular formula is C19H16O2P2.